The third-order valence-electron chi connectivity index (χ3n) is 3.73. The predicted octanol–water partition coefficient (Wildman–Crippen LogP) is 4.40. The SMILES string of the molecule is CCCNC(c1ccccc1)c1c(C)cc(C)cc1OC. The lowest BCUT2D eigenvalue weighted by Crippen LogP contribution is -2.24. The second-order valence-corrected chi connectivity index (χ2v) is 5.50. The Kier molecular flexibility index (Phi) is 5.40. The number of ether oxygens (including phenoxy) is 1. The van der Waals surface area contributed by atoms with Crippen LogP contribution in [0.4, 0.5) is 0 Å². The van der Waals surface area contributed by atoms with Crippen molar-refractivity contribution in [1.82, 2.24) is 5.32 Å². The normalized spacial score (nSPS) is 12.2. The molecule has 1 atom stereocenters. The van der Waals surface area contributed by atoms with E-state index in [2.05, 4.69) is 68.6 Å². The maximum Gasteiger partial charge on any atom is 0.124 e. The van der Waals surface area contributed by atoms with Crippen LogP contribution in [0.5, 0.6) is 5.75 Å². The van der Waals surface area contributed by atoms with Crippen molar-refractivity contribution in [2.24, 2.45) is 0 Å². The molecular formula is C19H25NO. The minimum absolute atomic E-state index is 0.168. The first kappa shape index (κ1) is 15.6. The fourth-order valence-electron chi connectivity index (χ4n) is 2.80. The highest BCUT2D eigenvalue weighted by Crippen LogP contribution is 2.33. The monoisotopic (exact) mass is 283 g/mol. The standard InChI is InChI=1S/C19H25NO/c1-5-11-20-19(16-9-7-6-8-10-16)18-15(3)12-14(2)13-17(18)21-4/h6-10,12-13,19-20H,5,11H2,1-4H3. The van der Waals surface area contributed by atoms with Gasteiger partial charge in [-0.2, -0.15) is 0 Å². The van der Waals surface area contributed by atoms with Gasteiger partial charge in [-0.15, -0.1) is 0 Å². The van der Waals surface area contributed by atoms with Gasteiger partial charge in [0.25, 0.3) is 0 Å². The van der Waals surface area contributed by atoms with Crippen molar-refractivity contribution in [3.05, 3.63) is 64.7 Å². The van der Waals surface area contributed by atoms with Crippen molar-refractivity contribution in [2.75, 3.05) is 13.7 Å². The Labute approximate surface area is 128 Å². The Morgan fingerprint density at radius 2 is 1.81 bits per heavy atom. The largest absolute Gasteiger partial charge is 0.496 e. The van der Waals surface area contributed by atoms with E-state index in [4.69, 9.17) is 4.74 Å². The van der Waals surface area contributed by atoms with Crippen molar-refractivity contribution < 1.29 is 4.74 Å². The van der Waals surface area contributed by atoms with Crippen LogP contribution in [0, 0.1) is 13.8 Å². The minimum Gasteiger partial charge on any atom is -0.496 e. The molecule has 2 nitrogen and oxygen atoms in total. The van der Waals surface area contributed by atoms with E-state index in [1.165, 1.54) is 22.3 Å². The van der Waals surface area contributed by atoms with Crippen LogP contribution in [-0.2, 0) is 0 Å². The highest BCUT2D eigenvalue weighted by Gasteiger charge is 2.20. The summed E-state index contributed by atoms with van der Waals surface area (Å²) in [5, 5.41) is 3.66. The van der Waals surface area contributed by atoms with Gasteiger partial charge in [0, 0.05) is 5.56 Å². The van der Waals surface area contributed by atoms with E-state index >= 15 is 0 Å². The van der Waals surface area contributed by atoms with Gasteiger partial charge in [0.1, 0.15) is 5.75 Å². The Bertz CT molecular complexity index is 578. The maximum absolute atomic E-state index is 5.65. The van der Waals surface area contributed by atoms with Crippen LogP contribution in [0.25, 0.3) is 0 Å². The summed E-state index contributed by atoms with van der Waals surface area (Å²) < 4.78 is 5.65. The molecule has 0 radical (unpaired) electrons. The molecule has 1 unspecified atom stereocenters. The van der Waals surface area contributed by atoms with Gasteiger partial charge in [-0.05, 0) is 49.6 Å². The van der Waals surface area contributed by atoms with E-state index in [0.717, 1.165) is 18.7 Å². The summed E-state index contributed by atoms with van der Waals surface area (Å²) in [6, 6.07) is 15.1. The minimum atomic E-state index is 0.168. The molecule has 0 aliphatic carbocycles. The summed E-state index contributed by atoms with van der Waals surface area (Å²) in [6.45, 7) is 7.44. The highest BCUT2D eigenvalue weighted by molar-refractivity contribution is 5.48. The van der Waals surface area contributed by atoms with Crippen molar-refractivity contribution in [3.63, 3.8) is 0 Å². The summed E-state index contributed by atoms with van der Waals surface area (Å²) in [7, 11) is 1.75. The quantitative estimate of drug-likeness (QED) is 0.848. The molecule has 2 aromatic rings. The predicted molar refractivity (Wildman–Crippen MR) is 89.0 cm³/mol. The number of aryl methyl sites for hydroxylation is 2. The molecular weight excluding hydrogens is 258 g/mol. The lowest BCUT2D eigenvalue weighted by Gasteiger charge is -2.24. The first-order valence-corrected chi connectivity index (χ1v) is 7.60. The Morgan fingerprint density at radius 1 is 1.10 bits per heavy atom. The lowest BCUT2D eigenvalue weighted by atomic mass is 9.92. The fraction of sp³-hybridized carbons (Fsp3) is 0.368. The first-order valence-electron chi connectivity index (χ1n) is 7.60. The molecule has 0 heterocycles. The summed E-state index contributed by atoms with van der Waals surface area (Å²) in [5.74, 6) is 0.963. The van der Waals surface area contributed by atoms with Crippen molar-refractivity contribution in [2.45, 2.75) is 33.2 Å². The van der Waals surface area contributed by atoms with Crippen LogP contribution in [0.1, 0.15) is 41.6 Å². The summed E-state index contributed by atoms with van der Waals surface area (Å²) >= 11 is 0. The van der Waals surface area contributed by atoms with Crippen LogP contribution in [0.3, 0.4) is 0 Å². The van der Waals surface area contributed by atoms with Crippen LogP contribution >= 0.6 is 0 Å². The molecule has 0 saturated heterocycles. The van der Waals surface area contributed by atoms with Gasteiger partial charge in [0.15, 0.2) is 0 Å². The molecule has 0 bridgehead atoms. The average Bonchev–Trinajstić information content (AvgIpc) is 2.49. The zero-order valence-electron chi connectivity index (χ0n) is 13.4. The molecule has 21 heavy (non-hydrogen) atoms. The lowest BCUT2D eigenvalue weighted by molar-refractivity contribution is 0.403. The Balaban J connectivity index is 2.51. The molecule has 0 spiro atoms. The summed E-state index contributed by atoms with van der Waals surface area (Å²) in [4.78, 5) is 0. The molecule has 2 aromatic carbocycles. The summed E-state index contributed by atoms with van der Waals surface area (Å²) in [6.07, 6.45) is 1.11. The number of rotatable bonds is 6. The summed E-state index contributed by atoms with van der Waals surface area (Å²) in [5.41, 5.74) is 5.01. The van der Waals surface area contributed by atoms with Crippen molar-refractivity contribution in [1.29, 1.82) is 0 Å². The zero-order valence-corrected chi connectivity index (χ0v) is 13.4. The van der Waals surface area contributed by atoms with Crippen molar-refractivity contribution in [3.8, 4) is 5.75 Å². The van der Waals surface area contributed by atoms with Crippen molar-refractivity contribution >= 4 is 0 Å². The van der Waals surface area contributed by atoms with Gasteiger partial charge >= 0.3 is 0 Å². The van der Waals surface area contributed by atoms with E-state index < -0.39 is 0 Å². The zero-order chi connectivity index (χ0) is 15.2. The number of nitrogens with one attached hydrogen (secondary N) is 1. The number of benzene rings is 2. The maximum atomic E-state index is 5.65. The average molecular weight is 283 g/mol. The molecule has 2 rings (SSSR count). The van der Waals surface area contributed by atoms with Crippen LogP contribution in [0.15, 0.2) is 42.5 Å². The van der Waals surface area contributed by atoms with E-state index in [-0.39, 0.29) is 6.04 Å². The molecule has 0 aliphatic rings. The number of hydrogen-bond donors (Lipinski definition) is 1. The van der Waals surface area contributed by atoms with E-state index in [0.29, 0.717) is 0 Å². The van der Waals surface area contributed by atoms with E-state index in [9.17, 15) is 0 Å². The second kappa shape index (κ2) is 7.28. The molecule has 1 N–H and O–H groups in total. The third kappa shape index (κ3) is 3.64. The Hall–Kier alpha value is -1.80. The first-order chi connectivity index (χ1) is 10.2. The fourth-order valence-corrected chi connectivity index (χ4v) is 2.80. The van der Waals surface area contributed by atoms with Crippen LogP contribution < -0.4 is 10.1 Å². The van der Waals surface area contributed by atoms with Gasteiger partial charge in [-0.1, -0.05) is 43.3 Å². The van der Waals surface area contributed by atoms with Gasteiger partial charge < -0.3 is 10.1 Å². The molecule has 0 amide bonds. The van der Waals surface area contributed by atoms with Gasteiger partial charge in [0.2, 0.25) is 0 Å². The van der Waals surface area contributed by atoms with E-state index in [1.807, 2.05) is 0 Å². The molecule has 0 aliphatic heterocycles. The Morgan fingerprint density at radius 3 is 2.43 bits per heavy atom. The number of hydrogen-bond acceptors (Lipinski definition) is 2. The molecule has 112 valence electrons. The topological polar surface area (TPSA) is 21.3 Å². The third-order valence-corrected chi connectivity index (χ3v) is 3.73. The van der Waals surface area contributed by atoms with Gasteiger partial charge in [0.05, 0.1) is 13.2 Å². The molecule has 0 fully saturated rings. The van der Waals surface area contributed by atoms with Crippen LogP contribution in [-0.4, -0.2) is 13.7 Å². The highest BCUT2D eigenvalue weighted by atomic mass is 16.5. The van der Waals surface area contributed by atoms with Gasteiger partial charge in [-0.3, -0.25) is 0 Å². The number of methoxy groups -OCH3 is 1. The second-order valence-electron chi connectivity index (χ2n) is 5.50. The molecule has 0 saturated carbocycles. The van der Waals surface area contributed by atoms with Gasteiger partial charge in [-0.25, -0.2) is 0 Å². The van der Waals surface area contributed by atoms with E-state index in [1.54, 1.807) is 7.11 Å². The van der Waals surface area contributed by atoms with Crippen LogP contribution in [0.2, 0.25) is 0 Å². The smallest absolute Gasteiger partial charge is 0.124 e. The molecule has 0 aromatic heterocycles. The molecule has 2 heteroatoms.